The summed E-state index contributed by atoms with van der Waals surface area (Å²) < 4.78 is 0. The lowest BCUT2D eigenvalue weighted by atomic mass is 10.3. The van der Waals surface area contributed by atoms with Gasteiger partial charge >= 0.3 is 0 Å². The summed E-state index contributed by atoms with van der Waals surface area (Å²) >= 11 is 0. The van der Waals surface area contributed by atoms with Gasteiger partial charge in [-0.3, -0.25) is 0 Å². The molecule has 1 unspecified atom stereocenters. The predicted octanol–water partition coefficient (Wildman–Crippen LogP) is 0.224. The first-order valence-corrected chi connectivity index (χ1v) is 2.91. The highest BCUT2D eigenvalue weighted by atomic mass is 14.9. The number of rotatable bonds is 3. The Morgan fingerprint density at radius 1 is 1.89 bits per heavy atom. The molecule has 0 radical (unpaired) electrons. The molecule has 9 heavy (non-hydrogen) atoms. The maximum absolute atomic E-state index is 5.48. The van der Waals surface area contributed by atoms with Gasteiger partial charge in [-0.2, -0.15) is 0 Å². The molecule has 0 aliphatic rings. The molecule has 0 saturated heterocycles. The molecule has 0 aromatic rings. The summed E-state index contributed by atoms with van der Waals surface area (Å²) in [5.41, 5.74) is 10.6. The quantitative estimate of drug-likeness (QED) is 0.533. The molecule has 0 spiro atoms. The van der Waals surface area contributed by atoms with Crippen molar-refractivity contribution in [3.05, 3.63) is 12.4 Å². The highest BCUT2D eigenvalue weighted by Gasteiger charge is 1.89. The molecule has 0 saturated carbocycles. The number of nitrogens with two attached hydrogens (primary N) is 2. The molecule has 0 fully saturated rings. The van der Waals surface area contributed by atoms with Crippen LogP contribution in [-0.4, -0.2) is 12.3 Å². The minimum Gasteiger partial charge on any atom is -0.384 e. The fraction of sp³-hybridized carbons (Fsp3) is 0.500. The molecule has 4 N–H and O–H groups in total. The molecular weight excluding hydrogens is 114 g/mol. The molecular formula is C6H13N3. The van der Waals surface area contributed by atoms with Crippen LogP contribution < -0.4 is 11.5 Å². The molecule has 0 rings (SSSR count). The molecule has 0 amide bonds. The SMILES string of the molecule is C=C(N)N=CC(N)CC. The minimum atomic E-state index is 0.00491. The van der Waals surface area contributed by atoms with E-state index in [1.807, 2.05) is 6.92 Å². The van der Waals surface area contributed by atoms with Crippen LogP contribution in [-0.2, 0) is 0 Å². The van der Waals surface area contributed by atoms with Crippen LogP contribution in [0.25, 0.3) is 0 Å². The Bertz CT molecular complexity index is 117. The molecule has 0 aliphatic carbocycles. The van der Waals surface area contributed by atoms with E-state index in [4.69, 9.17) is 11.5 Å². The van der Waals surface area contributed by atoms with E-state index in [1.54, 1.807) is 6.21 Å². The first-order chi connectivity index (χ1) is 4.16. The van der Waals surface area contributed by atoms with Gasteiger partial charge < -0.3 is 11.5 Å². The van der Waals surface area contributed by atoms with Gasteiger partial charge in [-0.05, 0) is 6.42 Å². The van der Waals surface area contributed by atoms with E-state index in [9.17, 15) is 0 Å². The fourth-order valence-electron chi connectivity index (χ4n) is 0.297. The largest absolute Gasteiger partial charge is 0.384 e. The summed E-state index contributed by atoms with van der Waals surface area (Å²) in [5.74, 6) is 0.305. The molecule has 3 heteroatoms. The summed E-state index contributed by atoms with van der Waals surface area (Å²) in [5, 5.41) is 0. The van der Waals surface area contributed by atoms with Gasteiger partial charge in [0.2, 0.25) is 0 Å². The van der Waals surface area contributed by atoms with Crippen molar-refractivity contribution in [1.29, 1.82) is 0 Å². The molecule has 0 aromatic heterocycles. The van der Waals surface area contributed by atoms with Gasteiger partial charge in [0.05, 0.1) is 0 Å². The summed E-state index contributed by atoms with van der Waals surface area (Å²) in [6.45, 7) is 5.37. The van der Waals surface area contributed by atoms with Crippen LogP contribution >= 0.6 is 0 Å². The third kappa shape index (κ3) is 5.03. The van der Waals surface area contributed by atoms with E-state index in [0.29, 0.717) is 5.82 Å². The van der Waals surface area contributed by atoms with Crippen LogP contribution in [0.3, 0.4) is 0 Å². The lowest BCUT2D eigenvalue weighted by Gasteiger charge is -1.97. The number of hydrogen-bond donors (Lipinski definition) is 2. The maximum Gasteiger partial charge on any atom is 0.115 e. The van der Waals surface area contributed by atoms with E-state index >= 15 is 0 Å². The van der Waals surface area contributed by atoms with Crippen LogP contribution in [0.2, 0.25) is 0 Å². The molecule has 3 nitrogen and oxygen atoms in total. The maximum atomic E-state index is 5.48. The van der Waals surface area contributed by atoms with Crippen molar-refractivity contribution in [2.24, 2.45) is 16.5 Å². The standard InChI is InChI=1S/C6H13N3/c1-3-6(8)4-9-5(2)7/h4,6H,2-3,7-8H2,1H3. The van der Waals surface area contributed by atoms with Gasteiger partial charge in [0.15, 0.2) is 0 Å². The van der Waals surface area contributed by atoms with E-state index < -0.39 is 0 Å². The molecule has 52 valence electrons. The minimum absolute atomic E-state index is 0.00491. The van der Waals surface area contributed by atoms with E-state index in [-0.39, 0.29) is 6.04 Å². The zero-order valence-corrected chi connectivity index (χ0v) is 5.67. The second kappa shape index (κ2) is 4.09. The van der Waals surface area contributed by atoms with Crippen molar-refractivity contribution in [2.75, 3.05) is 0 Å². The molecule has 0 aromatic carbocycles. The lowest BCUT2D eigenvalue weighted by Crippen LogP contribution is -2.20. The normalized spacial score (nSPS) is 14.0. The van der Waals surface area contributed by atoms with Crippen molar-refractivity contribution in [2.45, 2.75) is 19.4 Å². The highest BCUT2D eigenvalue weighted by Crippen LogP contribution is 1.83. The topological polar surface area (TPSA) is 64.4 Å². The number of nitrogens with zero attached hydrogens (tertiary/aromatic N) is 1. The second-order valence-electron chi connectivity index (χ2n) is 1.84. The van der Waals surface area contributed by atoms with Gasteiger partial charge in [-0.1, -0.05) is 13.5 Å². The Kier molecular flexibility index (Phi) is 3.71. The summed E-state index contributed by atoms with van der Waals surface area (Å²) in [6, 6.07) is 0.00491. The van der Waals surface area contributed by atoms with E-state index in [0.717, 1.165) is 6.42 Å². The molecule has 0 aliphatic heterocycles. The zero-order valence-electron chi connectivity index (χ0n) is 5.67. The molecule has 1 atom stereocenters. The predicted molar refractivity (Wildman–Crippen MR) is 40.1 cm³/mol. The van der Waals surface area contributed by atoms with Crippen LogP contribution in [0.1, 0.15) is 13.3 Å². The Balaban J connectivity index is 3.56. The number of aliphatic imine (C=N–C) groups is 1. The average Bonchev–Trinajstić information content (AvgIpc) is 1.83. The monoisotopic (exact) mass is 127 g/mol. The van der Waals surface area contributed by atoms with Gasteiger partial charge in [-0.15, -0.1) is 0 Å². The summed E-state index contributed by atoms with van der Waals surface area (Å²) in [4.78, 5) is 3.73. The third-order valence-corrected chi connectivity index (χ3v) is 0.903. The first-order valence-electron chi connectivity index (χ1n) is 2.91. The third-order valence-electron chi connectivity index (χ3n) is 0.903. The Morgan fingerprint density at radius 3 is 2.78 bits per heavy atom. The van der Waals surface area contributed by atoms with Crippen molar-refractivity contribution in [1.82, 2.24) is 0 Å². The van der Waals surface area contributed by atoms with Crippen molar-refractivity contribution in [3.63, 3.8) is 0 Å². The first kappa shape index (κ1) is 8.17. The van der Waals surface area contributed by atoms with Gasteiger partial charge in [0, 0.05) is 12.3 Å². The fourth-order valence-corrected chi connectivity index (χ4v) is 0.297. The second-order valence-corrected chi connectivity index (χ2v) is 1.84. The summed E-state index contributed by atoms with van der Waals surface area (Å²) in [7, 11) is 0. The van der Waals surface area contributed by atoms with Crippen LogP contribution in [0.5, 0.6) is 0 Å². The van der Waals surface area contributed by atoms with Crippen molar-refractivity contribution < 1.29 is 0 Å². The molecule has 0 bridgehead atoms. The Hall–Kier alpha value is -0.830. The number of hydrogen-bond acceptors (Lipinski definition) is 3. The highest BCUT2D eigenvalue weighted by molar-refractivity contribution is 5.64. The lowest BCUT2D eigenvalue weighted by molar-refractivity contribution is 0.832. The van der Waals surface area contributed by atoms with E-state index in [2.05, 4.69) is 11.6 Å². The van der Waals surface area contributed by atoms with Crippen molar-refractivity contribution >= 4 is 6.21 Å². The van der Waals surface area contributed by atoms with Gasteiger partial charge in [0.1, 0.15) is 5.82 Å². The van der Waals surface area contributed by atoms with Gasteiger partial charge in [0.25, 0.3) is 0 Å². The molecule has 0 heterocycles. The van der Waals surface area contributed by atoms with Crippen LogP contribution in [0, 0.1) is 0 Å². The average molecular weight is 127 g/mol. The van der Waals surface area contributed by atoms with E-state index in [1.165, 1.54) is 0 Å². The zero-order chi connectivity index (χ0) is 7.28. The van der Waals surface area contributed by atoms with Crippen LogP contribution in [0.4, 0.5) is 0 Å². The Labute approximate surface area is 55.4 Å². The Morgan fingerprint density at radius 2 is 2.44 bits per heavy atom. The van der Waals surface area contributed by atoms with Gasteiger partial charge in [-0.25, -0.2) is 4.99 Å². The summed E-state index contributed by atoms with van der Waals surface area (Å²) in [6.07, 6.45) is 2.47. The van der Waals surface area contributed by atoms with Crippen molar-refractivity contribution in [3.8, 4) is 0 Å². The van der Waals surface area contributed by atoms with Crippen LogP contribution in [0.15, 0.2) is 17.4 Å². The smallest absolute Gasteiger partial charge is 0.115 e.